The lowest BCUT2D eigenvalue weighted by Gasteiger charge is -2.11. The van der Waals surface area contributed by atoms with Crippen LogP contribution < -0.4 is 10.1 Å². The zero-order valence-corrected chi connectivity index (χ0v) is 16.6. The number of amides is 1. The molecule has 1 N–H and O–H groups in total. The van der Waals surface area contributed by atoms with Gasteiger partial charge in [0.1, 0.15) is 18.0 Å². The van der Waals surface area contributed by atoms with Crippen molar-refractivity contribution in [3.63, 3.8) is 0 Å². The maximum Gasteiger partial charge on any atom is 0.338 e. The number of nitrogens with one attached hydrogen (secondary N) is 1. The van der Waals surface area contributed by atoms with E-state index in [0.717, 1.165) is 25.5 Å². The van der Waals surface area contributed by atoms with Gasteiger partial charge < -0.3 is 19.5 Å². The fourth-order valence-electron chi connectivity index (χ4n) is 2.81. The minimum Gasteiger partial charge on any atom is -0.491 e. The van der Waals surface area contributed by atoms with Gasteiger partial charge in [-0.1, -0.05) is 11.6 Å². The summed E-state index contributed by atoms with van der Waals surface area (Å²) in [6.07, 6.45) is 2.08. The Hall–Kier alpha value is -3.17. The standard InChI is InChI=1S/C20H19ClN2O7/c21-14-5-8-17(18(10-14)23(26)27)22-19(24)12-30-20(25)13-3-6-15(7-4-13)29-11-16-2-1-9-28-16/h3-8,10,16H,1-2,9,11-12H2,(H,22,24). The van der Waals surface area contributed by atoms with E-state index >= 15 is 0 Å². The van der Waals surface area contributed by atoms with Crippen LogP contribution in [0.3, 0.4) is 0 Å². The molecule has 1 saturated heterocycles. The summed E-state index contributed by atoms with van der Waals surface area (Å²) in [6, 6.07) is 10.1. The Bertz CT molecular complexity index is 927. The molecule has 0 bridgehead atoms. The number of nitro benzene ring substituents is 1. The zero-order valence-electron chi connectivity index (χ0n) is 15.8. The highest BCUT2D eigenvalue weighted by atomic mass is 35.5. The van der Waals surface area contributed by atoms with Crippen molar-refractivity contribution in [3.8, 4) is 5.75 Å². The summed E-state index contributed by atoms with van der Waals surface area (Å²) < 4.78 is 16.1. The van der Waals surface area contributed by atoms with Crippen LogP contribution in [0.2, 0.25) is 5.02 Å². The molecule has 30 heavy (non-hydrogen) atoms. The van der Waals surface area contributed by atoms with Crippen LogP contribution in [0.15, 0.2) is 42.5 Å². The Morgan fingerprint density at radius 1 is 1.23 bits per heavy atom. The topological polar surface area (TPSA) is 117 Å². The van der Waals surface area contributed by atoms with Crippen LogP contribution in [0.5, 0.6) is 5.75 Å². The highest BCUT2D eigenvalue weighted by Gasteiger charge is 2.18. The molecule has 1 unspecified atom stereocenters. The summed E-state index contributed by atoms with van der Waals surface area (Å²) in [4.78, 5) is 34.5. The van der Waals surface area contributed by atoms with Gasteiger partial charge in [0.05, 0.1) is 16.6 Å². The number of hydrogen-bond acceptors (Lipinski definition) is 7. The minimum atomic E-state index is -0.717. The molecule has 3 rings (SSSR count). The van der Waals surface area contributed by atoms with Gasteiger partial charge in [-0.3, -0.25) is 14.9 Å². The highest BCUT2D eigenvalue weighted by molar-refractivity contribution is 6.31. The van der Waals surface area contributed by atoms with Gasteiger partial charge in [-0.25, -0.2) is 4.79 Å². The second-order valence-corrected chi connectivity index (χ2v) is 6.95. The number of halogens is 1. The lowest BCUT2D eigenvalue weighted by atomic mass is 10.2. The van der Waals surface area contributed by atoms with E-state index in [1.165, 1.54) is 24.3 Å². The van der Waals surface area contributed by atoms with Crippen molar-refractivity contribution >= 4 is 34.9 Å². The van der Waals surface area contributed by atoms with Crippen molar-refractivity contribution in [2.24, 2.45) is 0 Å². The maximum absolute atomic E-state index is 12.1. The maximum atomic E-state index is 12.1. The molecule has 1 fully saturated rings. The third-order valence-corrected chi connectivity index (χ3v) is 4.55. The third kappa shape index (κ3) is 5.91. The van der Waals surface area contributed by atoms with E-state index in [9.17, 15) is 19.7 Å². The van der Waals surface area contributed by atoms with Crippen molar-refractivity contribution < 1.29 is 28.7 Å². The third-order valence-electron chi connectivity index (χ3n) is 4.31. The molecule has 0 saturated carbocycles. The van der Waals surface area contributed by atoms with E-state index in [-0.39, 0.29) is 28.1 Å². The smallest absolute Gasteiger partial charge is 0.338 e. The van der Waals surface area contributed by atoms with E-state index in [1.807, 2.05) is 0 Å². The summed E-state index contributed by atoms with van der Waals surface area (Å²) in [6.45, 7) is 0.592. The number of carbonyl (C=O) groups excluding carboxylic acids is 2. The molecule has 10 heteroatoms. The van der Waals surface area contributed by atoms with E-state index in [2.05, 4.69) is 5.32 Å². The van der Waals surface area contributed by atoms with Crippen molar-refractivity contribution in [3.05, 3.63) is 63.2 Å². The van der Waals surface area contributed by atoms with Gasteiger partial charge in [-0.15, -0.1) is 0 Å². The number of anilines is 1. The van der Waals surface area contributed by atoms with Crippen LogP contribution in [0, 0.1) is 10.1 Å². The minimum absolute atomic E-state index is 0.0433. The average molecular weight is 435 g/mol. The fraction of sp³-hybridized carbons (Fsp3) is 0.300. The Labute approximate surface area is 177 Å². The molecular weight excluding hydrogens is 416 g/mol. The number of ether oxygens (including phenoxy) is 3. The van der Waals surface area contributed by atoms with Crippen molar-refractivity contribution in [2.45, 2.75) is 18.9 Å². The zero-order chi connectivity index (χ0) is 21.5. The number of nitro groups is 1. The molecule has 1 aliphatic heterocycles. The molecule has 1 aliphatic rings. The number of benzene rings is 2. The second kappa shape index (κ2) is 10.0. The first-order valence-corrected chi connectivity index (χ1v) is 9.55. The largest absolute Gasteiger partial charge is 0.491 e. The van der Waals surface area contributed by atoms with Crippen LogP contribution in [0.1, 0.15) is 23.2 Å². The predicted molar refractivity (Wildman–Crippen MR) is 108 cm³/mol. The predicted octanol–water partition coefficient (Wildman–Crippen LogP) is 3.60. The van der Waals surface area contributed by atoms with Gasteiger partial charge in [0.25, 0.3) is 11.6 Å². The molecule has 1 heterocycles. The van der Waals surface area contributed by atoms with Crippen LogP contribution in [-0.2, 0) is 14.3 Å². The molecule has 0 aliphatic carbocycles. The lowest BCUT2D eigenvalue weighted by Crippen LogP contribution is -2.21. The highest BCUT2D eigenvalue weighted by Crippen LogP contribution is 2.27. The second-order valence-electron chi connectivity index (χ2n) is 6.51. The number of hydrogen-bond donors (Lipinski definition) is 1. The molecule has 9 nitrogen and oxygen atoms in total. The molecule has 158 valence electrons. The van der Waals surface area contributed by atoms with Gasteiger partial charge in [-0.2, -0.15) is 0 Å². The first-order valence-electron chi connectivity index (χ1n) is 9.18. The van der Waals surface area contributed by atoms with Crippen LogP contribution in [0.25, 0.3) is 0 Å². The quantitative estimate of drug-likeness (QED) is 0.383. The van der Waals surface area contributed by atoms with Crippen LogP contribution >= 0.6 is 11.6 Å². The Morgan fingerprint density at radius 2 is 2.00 bits per heavy atom. The Balaban J connectivity index is 1.49. The lowest BCUT2D eigenvalue weighted by molar-refractivity contribution is -0.383. The number of rotatable bonds is 8. The van der Waals surface area contributed by atoms with E-state index in [0.29, 0.717) is 12.4 Å². The van der Waals surface area contributed by atoms with E-state index in [1.54, 1.807) is 12.1 Å². The van der Waals surface area contributed by atoms with Gasteiger partial charge in [-0.05, 0) is 49.2 Å². The molecule has 0 radical (unpaired) electrons. The molecule has 2 aromatic rings. The fourth-order valence-corrected chi connectivity index (χ4v) is 2.98. The Morgan fingerprint density at radius 3 is 2.67 bits per heavy atom. The summed E-state index contributed by atoms with van der Waals surface area (Å²) >= 11 is 5.73. The monoisotopic (exact) mass is 434 g/mol. The summed E-state index contributed by atoms with van der Waals surface area (Å²) in [7, 11) is 0. The summed E-state index contributed by atoms with van der Waals surface area (Å²) in [5.41, 5.74) is -0.163. The number of esters is 1. The molecule has 1 amide bonds. The van der Waals surface area contributed by atoms with Crippen LogP contribution in [-0.4, -0.2) is 42.7 Å². The van der Waals surface area contributed by atoms with Crippen molar-refractivity contribution in [1.29, 1.82) is 0 Å². The number of carbonyl (C=O) groups is 2. The van der Waals surface area contributed by atoms with Gasteiger partial charge >= 0.3 is 5.97 Å². The van der Waals surface area contributed by atoms with E-state index < -0.39 is 23.4 Å². The first kappa shape index (κ1) is 21.5. The number of nitrogens with zero attached hydrogens (tertiary/aromatic N) is 1. The van der Waals surface area contributed by atoms with Gasteiger partial charge in [0.2, 0.25) is 0 Å². The summed E-state index contributed by atoms with van der Waals surface area (Å²) in [5.74, 6) is -0.832. The van der Waals surface area contributed by atoms with Crippen LogP contribution in [0.4, 0.5) is 11.4 Å². The normalized spacial score (nSPS) is 15.4. The Kier molecular flexibility index (Phi) is 7.21. The first-order chi connectivity index (χ1) is 14.4. The molecular formula is C20H19ClN2O7. The van der Waals surface area contributed by atoms with E-state index in [4.69, 9.17) is 25.8 Å². The van der Waals surface area contributed by atoms with Crippen molar-refractivity contribution in [1.82, 2.24) is 0 Å². The van der Waals surface area contributed by atoms with Crippen molar-refractivity contribution in [2.75, 3.05) is 25.1 Å². The van der Waals surface area contributed by atoms with Gasteiger partial charge in [0, 0.05) is 17.7 Å². The summed E-state index contributed by atoms with van der Waals surface area (Å²) in [5, 5.41) is 13.5. The molecule has 1 atom stereocenters. The molecule has 2 aromatic carbocycles. The van der Waals surface area contributed by atoms with Gasteiger partial charge in [0.15, 0.2) is 6.61 Å². The molecule has 0 aromatic heterocycles. The SMILES string of the molecule is O=C(COC(=O)c1ccc(OCC2CCCO2)cc1)Nc1ccc(Cl)cc1[N+](=O)[O-]. The average Bonchev–Trinajstić information content (AvgIpc) is 3.25. The molecule has 0 spiro atoms.